The van der Waals surface area contributed by atoms with Crippen molar-refractivity contribution in [1.29, 1.82) is 0 Å². The monoisotopic (exact) mass is 515 g/mol. The van der Waals surface area contributed by atoms with Gasteiger partial charge in [0.15, 0.2) is 5.76 Å². The second kappa shape index (κ2) is 11.6. The molecule has 2 atom stereocenters. The third-order valence-electron chi connectivity index (χ3n) is 5.96. The van der Waals surface area contributed by atoms with Gasteiger partial charge < -0.3 is 19.9 Å². The van der Waals surface area contributed by atoms with Crippen LogP contribution in [0.2, 0.25) is 0 Å². The van der Waals surface area contributed by atoms with Crippen molar-refractivity contribution in [2.45, 2.75) is 44.6 Å². The Kier molecular flexibility index (Phi) is 8.25. The summed E-state index contributed by atoms with van der Waals surface area (Å²) in [6.07, 6.45) is -3.43. The van der Waals surface area contributed by atoms with E-state index < -0.39 is 35.7 Å². The molecule has 1 amide bonds. The molecule has 0 fully saturated rings. The Morgan fingerprint density at radius 1 is 0.946 bits per heavy atom. The van der Waals surface area contributed by atoms with Crippen LogP contribution >= 0.6 is 0 Å². The molecule has 9 heteroatoms. The fraction of sp³-hybridized carbons (Fsp3) is 0.250. The van der Waals surface area contributed by atoms with Crippen LogP contribution in [-0.4, -0.2) is 17.3 Å². The highest BCUT2D eigenvalue weighted by molar-refractivity contribution is 5.91. The van der Waals surface area contributed by atoms with Crippen LogP contribution in [0.25, 0.3) is 0 Å². The molecule has 37 heavy (non-hydrogen) atoms. The molecule has 0 aromatic heterocycles. The van der Waals surface area contributed by atoms with Gasteiger partial charge in [0.25, 0.3) is 5.91 Å². The zero-order valence-corrected chi connectivity index (χ0v) is 19.7. The topological polar surface area (TPSA) is 67.8 Å². The largest absolute Gasteiger partial charge is 0.459 e. The van der Waals surface area contributed by atoms with Crippen LogP contribution in [0.15, 0.2) is 84.6 Å². The van der Waals surface area contributed by atoms with Crippen molar-refractivity contribution in [2.75, 3.05) is 0 Å². The minimum Gasteiger partial charge on any atom is -0.459 e. The van der Waals surface area contributed by atoms with Crippen LogP contribution in [0.4, 0.5) is 17.6 Å². The number of benzene rings is 3. The van der Waals surface area contributed by atoms with Crippen molar-refractivity contribution < 1.29 is 36.9 Å². The summed E-state index contributed by atoms with van der Waals surface area (Å²) < 4.78 is 63.9. The molecular weight excluding hydrogens is 490 g/mol. The minimum atomic E-state index is -4.45. The summed E-state index contributed by atoms with van der Waals surface area (Å²) in [5.41, 5.74) is 2.08. The van der Waals surface area contributed by atoms with E-state index in [4.69, 9.17) is 9.47 Å². The Balaban J connectivity index is 1.49. The van der Waals surface area contributed by atoms with Gasteiger partial charge in [0.05, 0.1) is 18.8 Å². The average Bonchev–Trinajstić information content (AvgIpc) is 2.91. The highest BCUT2D eigenvalue weighted by Gasteiger charge is 2.32. The Labute approximate surface area is 211 Å². The highest BCUT2D eigenvalue weighted by Crippen LogP contribution is 2.34. The van der Waals surface area contributed by atoms with Gasteiger partial charge in [0.1, 0.15) is 5.82 Å². The first-order valence-electron chi connectivity index (χ1n) is 11.6. The van der Waals surface area contributed by atoms with Crippen molar-refractivity contribution in [3.8, 4) is 0 Å². The van der Waals surface area contributed by atoms with Gasteiger partial charge in [-0.15, -0.1) is 0 Å². The van der Waals surface area contributed by atoms with Crippen LogP contribution in [0.3, 0.4) is 0 Å². The summed E-state index contributed by atoms with van der Waals surface area (Å²) >= 11 is 0. The quantitative estimate of drug-likeness (QED) is 0.384. The second-order valence-corrected chi connectivity index (χ2v) is 8.64. The number of rotatable bonds is 8. The van der Waals surface area contributed by atoms with E-state index in [0.717, 1.165) is 23.3 Å². The van der Waals surface area contributed by atoms with E-state index in [-0.39, 0.29) is 31.9 Å². The lowest BCUT2D eigenvalue weighted by Gasteiger charge is -2.29. The molecule has 3 aromatic carbocycles. The number of nitrogens with one attached hydrogen (secondary N) is 1. The van der Waals surface area contributed by atoms with E-state index in [2.05, 4.69) is 5.32 Å². The van der Waals surface area contributed by atoms with E-state index in [0.29, 0.717) is 11.1 Å². The molecule has 2 N–H and O–H groups in total. The van der Waals surface area contributed by atoms with Crippen molar-refractivity contribution in [3.63, 3.8) is 0 Å². The summed E-state index contributed by atoms with van der Waals surface area (Å²) in [6, 6.07) is 17.6. The van der Waals surface area contributed by atoms with Crippen molar-refractivity contribution in [1.82, 2.24) is 5.32 Å². The van der Waals surface area contributed by atoms with Crippen LogP contribution in [0.5, 0.6) is 0 Å². The Hall–Kier alpha value is -3.69. The fourth-order valence-corrected chi connectivity index (χ4v) is 3.87. The zero-order chi connectivity index (χ0) is 26.4. The van der Waals surface area contributed by atoms with E-state index in [1.807, 2.05) is 0 Å². The average molecular weight is 516 g/mol. The Morgan fingerprint density at radius 3 is 2.19 bits per heavy atom. The molecule has 0 bridgehead atoms. The summed E-state index contributed by atoms with van der Waals surface area (Å²) in [5.74, 6) is -1.36. The predicted octanol–water partition coefficient (Wildman–Crippen LogP) is 5.58. The van der Waals surface area contributed by atoms with E-state index in [1.54, 1.807) is 42.5 Å². The van der Waals surface area contributed by atoms with Gasteiger partial charge in [-0.05, 0) is 52.6 Å². The molecule has 4 rings (SSSR count). The molecular formula is C28H25F4NO4. The van der Waals surface area contributed by atoms with Gasteiger partial charge in [-0.25, -0.2) is 4.39 Å². The van der Waals surface area contributed by atoms with E-state index in [1.165, 1.54) is 24.3 Å². The number of carbonyl (C=O) groups is 1. The lowest BCUT2D eigenvalue weighted by molar-refractivity contribution is -0.150. The number of alkyl halides is 3. The summed E-state index contributed by atoms with van der Waals surface area (Å²) in [6.45, 7) is 0.219. The summed E-state index contributed by atoms with van der Waals surface area (Å²) in [4.78, 5) is 12.9. The number of hydrogen-bond acceptors (Lipinski definition) is 4. The van der Waals surface area contributed by atoms with Crippen molar-refractivity contribution in [3.05, 3.63) is 118 Å². The van der Waals surface area contributed by atoms with Gasteiger partial charge >= 0.3 is 6.18 Å². The van der Waals surface area contributed by atoms with Gasteiger partial charge in [-0.2, -0.15) is 13.2 Å². The standard InChI is InChI=1S/C28H25F4NO4/c29-24-11-5-18(6-12-24)15-33-27(35)25-13-22(21-7-9-23(10-8-21)28(30,31)32)14-26(37-25)36-17-20-3-1-19(16-34)2-4-20/h1-13,22,26,34H,14-17H2,(H,33,35)/t22-,26+/m1/s1. The smallest absolute Gasteiger partial charge is 0.416 e. The molecule has 5 nitrogen and oxygen atoms in total. The predicted molar refractivity (Wildman–Crippen MR) is 127 cm³/mol. The first-order chi connectivity index (χ1) is 17.7. The molecule has 3 aromatic rings. The zero-order valence-electron chi connectivity index (χ0n) is 19.7. The molecule has 0 radical (unpaired) electrons. The number of aliphatic hydroxyl groups is 1. The van der Waals surface area contributed by atoms with Crippen molar-refractivity contribution >= 4 is 5.91 Å². The maximum absolute atomic E-state index is 13.1. The highest BCUT2D eigenvalue weighted by atomic mass is 19.4. The number of ether oxygens (including phenoxy) is 2. The number of amides is 1. The number of aliphatic hydroxyl groups excluding tert-OH is 1. The summed E-state index contributed by atoms with van der Waals surface area (Å²) in [5, 5.41) is 11.9. The Morgan fingerprint density at radius 2 is 1.57 bits per heavy atom. The van der Waals surface area contributed by atoms with Gasteiger partial charge in [0, 0.05) is 18.9 Å². The molecule has 1 heterocycles. The van der Waals surface area contributed by atoms with Crippen LogP contribution in [0, 0.1) is 5.82 Å². The van der Waals surface area contributed by atoms with E-state index >= 15 is 0 Å². The molecule has 0 aliphatic carbocycles. The first kappa shape index (κ1) is 26.4. The van der Waals surface area contributed by atoms with Gasteiger partial charge in [0.2, 0.25) is 6.29 Å². The summed E-state index contributed by atoms with van der Waals surface area (Å²) in [7, 11) is 0. The second-order valence-electron chi connectivity index (χ2n) is 8.64. The molecule has 0 saturated heterocycles. The molecule has 1 aliphatic rings. The van der Waals surface area contributed by atoms with Gasteiger partial charge in [-0.1, -0.05) is 48.5 Å². The molecule has 1 aliphatic heterocycles. The number of allylic oxidation sites excluding steroid dienone is 1. The van der Waals surface area contributed by atoms with Gasteiger partial charge in [-0.3, -0.25) is 4.79 Å². The molecule has 0 saturated carbocycles. The number of halogens is 4. The molecule has 0 unspecified atom stereocenters. The number of carbonyl (C=O) groups excluding carboxylic acids is 1. The third kappa shape index (κ3) is 7.18. The van der Waals surface area contributed by atoms with Crippen LogP contribution in [0.1, 0.15) is 40.2 Å². The van der Waals surface area contributed by atoms with Crippen LogP contribution < -0.4 is 5.32 Å². The van der Waals surface area contributed by atoms with E-state index in [9.17, 15) is 27.5 Å². The maximum Gasteiger partial charge on any atom is 0.416 e. The van der Waals surface area contributed by atoms with Crippen molar-refractivity contribution in [2.24, 2.45) is 0 Å². The Bertz CT molecular complexity index is 1220. The molecule has 0 spiro atoms. The molecule has 194 valence electrons. The third-order valence-corrected chi connectivity index (χ3v) is 5.96. The SMILES string of the molecule is O=C(NCc1ccc(F)cc1)C1=C[C@@H](c2ccc(C(F)(F)F)cc2)C[C@@H](OCc2ccc(CO)cc2)O1. The first-order valence-corrected chi connectivity index (χ1v) is 11.6. The lowest BCUT2D eigenvalue weighted by Crippen LogP contribution is -2.32. The minimum absolute atomic E-state index is 0.0149. The fourth-order valence-electron chi connectivity index (χ4n) is 3.87. The van der Waals surface area contributed by atoms with Crippen LogP contribution in [-0.2, 0) is 40.2 Å². The normalized spacial score (nSPS) is 17.6. The lowest BCUT2D eigenvalue weighted by atomic mass is 9.92. The number of hydrogen-bond donors (Lipinski definition) is 2. The maximum atomic E-state index is 13.1.